The highest BCUT2D eigenvalue weighted by molar-refractivity contribution is 5.92. The van der Waals surface area contributed by atoms with Crippen molar-refractivity contribution in [1.29, 1.82) is 0 Å². The molecule has 2 aliphatic carbocycles. The summed E-state index contributed by atoms with van der Waals surface area (Å²) in [6, 6.07) is 0.861. The Morgan fingerprint density at radius 2 is 1.90 bits per heavy atom. The number of hydrogen-bond donors (Lipinski definition) is 2. The second-order valence-corrected chi connectivity index (χ2v) is 14.2. The van der Waals surface area contributed by atoms with E-state index in [2.05, 4.69) is 20.6 Å². The first-order chi connectivity index (χ1) is 22.8. The molecule has 0 aromatic carbocycles. The molecule has 260 valence electrons. The number of fused-ring (bicyclic) bond motifs is 1. The summed E-state index contributed by atoms with van der Waals surface area (Å²) in [7, 11) is 0. The molecule has 0 unspecified atom stereocenters. The van der Waals surface area contributed by atoms with Gasteiger partial charge in [-0.1, -0.05) is 0 Å². The Bertz CT molecular complexity index is 1670. The zero-order valence-electron chi connectivity index (χ0n) is 26.8. The largest absolute Gasteiger partial charge is 0.393 e. The third-order valence-corrected chi connectivity index (χ3v) is 10.8. The molecular weight excluding hydrogens is 637 g/mol. The summed E-state index contributed by atoms with van der Waals surface area (Å²) in [5, 5.41) is 14.4. The second-order valence-electron chi connectivity index (χ2n) is 14.2. The number of piperidine rings is 1. The zero-order chi connectivity index (χ0) is 33.8. The normalized spacial score (nSPS) is 25.0. The Kier molecular flexibility index (Phi) is 8.43. The number of nitrogens with one attached hydrogen (secondary N) is 2. The number of halogens is 5. The van der Waals surface area contributed by atoms with Crippen LogP contribution in [-0.4, -0.2) is 77.8 Å². The molecule has 16 heteroatoms. The van der Waals surface area contributed by atoms with Crippen LogP contribution in [-0.2, 0) is 24.3 Å². The van der Waals surface area contributed by atoms with Crippen molar-refractivity contribution in [2.75, 3.05) is 19.6 Å². The van der Waals surface area contributed by atoms with Crippen LogP contribution in [0.15, 0.2) is 18.5 Å². The van der Waals surface area contributed by atoms with Crippen LogP contribution in [0.2, 0.25) is 0 Å². The van der Waals surface area contributed by atoms with Gasteiger partial charge in [-0.25, -0.2) is 23.3 Å². The van der Waals surface area contributed by atoms with Gasteiger partial charge in [-0.3, -0.25) is 19.2 Å². The van der Waals surface area contributed by atoms with E-state index in [-0.39, 0.29) is 50.2 Å². The average molecular weight is 678 g/mol. The number of nitrogens with zero attached hydrogens (tertiary/aromatic N) is 7. The van der Waals surface area contributed by atoms with Gasteiger partial charge in [0, 0.05) is 57.6 Å². The van der Waals surface area contributed by atoms with Crippen molar-refractivity contribution in [2.24, 2.45) is 23.2 Å². The molecule has 5 heterocycles. The summed E-state index contributed by atoms with van der Waals surface area (Å²) in [5.74, 6) is -6.33. The number of alkyl halides is 5. The van der Waals surface area contributed by atoms with Crippen LogP contribution in [0.4, 0.5) is 22.0 Å². The maximum atomic E-state index is 14.2. The van der Waals surface area contributed by atoms with Crippen LogP contribution < -0.4 is 10.6 Å². The predicted molar refractivity (Wildman–Crippen MR) is 162 cm³/mol. The van der Waals surface area contributed by atoms with Crippen molar-refractivity contribution in [3.8, 4) is 0 Å². The lowest BCUT2D eigenvalue weighted by molar-refractivity contribution is -0.183. The van der Waals surface area contributed by atoms with Crippen molar-refractivity contribution >= 4 is 17.6 Å². The molecule has 4 aliphatic rings. The highest BCUT2D eigenvalue weighted by Gasteiger charge is 2.48. The highest BCUT2D eigenvalue weighted by Crippen LogP contribution is 2.53. The van der Waals surface area contributed by atoms with E-state index in [1.807, 2.05) is 6.92 Å². The van der Waals surface area contributed by atoms with Gasteiger partial charge in [0.2, 0.25) is 11.8 Å². The van der Waals surface area contributed by atoms with Crippen LogP contribution >= 0.6 is 0 Å². The van der Waals surface area contributed by atoms with E-state index in [9.17, 15) is 31.5 Å². The van der Waals surface area contributed by atoms with Gasteiger partial charge >= 0.3 is 6.18 Å². The van der Waals surface area contributed by atoms with E-state index in [0.29, 0.717) is 41.3 Å². The Morgan fingerprint density at radius 1 is 1.12 bits per heavy atom. The fourth-order valence-corrected chi connectivity index (χ4v) is 7.68. The monoisotopic (exact) mass is 677 g/mol. The Balaban J connectivity index is 1.22. The van der Waals surface area contributed by atoms with Crippen molar-refractivity contribution < 1.29 is 31.5 Å². The maximum absolute atomic E-state index is 14.2. The Hall–Kier alpha value is -3.69. The summed E-state index contributed by atoms with van der Waals surface area (Å²) in [5.41, 5.74) is 2.02. The van der Waals surface area contributed by atoms with E-state index in [4.69, 9.17) is 15.1 Å². The van der Waals surface area contributed by atoms with Gasteiger partial charge in [-0.2, -0.15) is 23.4 Å². The molecule has 48 heavy (non-hydrogen) atoms. The molecule has 11 nitrogen and oxygen atoms in total. The molecule has 2 saturated carbocycles. The number of rotatable bonds is 9. The predicted octanol–water partition coefficient (Wildman–Crippen LogP) is 4.48. The SMILES string of the molecule is CCn1nccc1C(=O)N[C@H](c1cn2nc(C[C@H]3C[C@@H](C(F)(F)F)CNC3=O)c(CN3CCC4(CC4)C3)nc2n1)C1CCC(F)(F)CC1. The number of imidazole rings is 1. The summed E-state index contributed by atoms with van der Waals surface area (Å²) in [6.45, 7) is 4.04. The van der Waals surface area contributed by atoms with Gasteiger partial charge in [-0.15, -0.1) is 0 Å². The molecule has 2 aliphatic heterocycles. The first-order valence-electron chi connectivity index (χ1n) is 16.8. The Morgan fingerprint density at radius 3 is 2.58 bits per heavy atom. The van der Waals surface area contributed by atoms with Crippen LogP contribution in [0.1, 0.15) is 91.9 Å². The van der Waals surface area contributed by atoms with Crippen LogP contribution in [0.3, 0.4) is 0 Å². The molecular formula is C32H40F5N9O2. The molecule has 0 bridgehead atoms. The van der Waals surface area contributed by atoms with Crippen molar-refractivity contribution in [2.45, 2.75) is 95.9 Å². The molecule has 3 atom stereocenters. The fourth-order valence-electron chi connectivity index (χ4n) is 7.68. The van der Waals surface area contributed by atoms with Gasteiger partial charge in [0.15, 0.2) is 0 Å². The van der Waals surface area contributed by atoms with Crippen molar-refractivity contribution in [3.05, 3.63) is 41.2 Å². The number of hydrogen-bond acceptors (Lipinski definition) is 7. The lowest BCUT2D eigenvalue weighted by Crippen LogP contribution is -2.47. The molecule has 7 rings (SSSR count). The third-order valence-electron chi connectivity index (χ3n) is 10.8. The van der Waals surface area contributed by atoms with Gasteiger partial charge in [0.1, 0.15) is 5.69 Å². The van der Waals surface area contributed by atoms with E-state index in [1.54, 1.807) is 16.9 Å². The van der Waals surface area contributed by atoms with Gasteiger partial charge in [-0.05, 0) is 69.4 Å². The fraction of sp³-hybridized carbons (Fsp3) is 0.688. The summed E-state index contributed by atoms with van der Waals surface area (Å²) in [4.78, 5) is 38.1. The molecule has 1 spiro atoms. The van der Waals surface area contributed by atoms with E-state index >= 15 is 0 Å². The highest BCUT2D eigenvalue weighted by atomic mass is 19.4. The molecule has 4 fully saturated rings. The van der Waals surface area contributed by atoms with E-state index in [0.717, 1.165) is 19.5 Å². The number of carbonyl (C=O) groups excluding carboxylic acids is 2. The minimum Gasteiger partial charge on any atom is -0.355 e. The van der Waals surface area contributed by atoms with Crippen LogP contribution in [0.5, 0.6) is 0 Å². The summed E-state index contributed by atoms with van der Waals surface area (Å²) < 4.78 is 72.2. The molecule has 2 amide bonds. The summed E-state index contributed by atoms with van der Waals surface area (Å²) in [6.07, 6.45) is 1.45. The Labute approximate surface area is 274 Å². The molecule has 2 saturated heterocycles. The summed E-state index contributed by atoms with van der Waals surface area (Å²) >= 11 is 0. The van der Waals surface area contributed by atoms with Gasteiger partial charge in [0.05, 0.1) is 35.2 Å². The number of aromatic nitrogens is 6. The van der Waals surface area contributed by atoms with Gasteiger partial charge in [0.25, 0.3) is 11.7 Å². The smallest absolute Gasteiger partial charge is 0.355 e. The van der Waals surface area contributed by atoms with Gasteiger partial charge < -0.3 is 10.6 Å². The molecule has 3 aromatic heterocycles. The van der Waals surface area contributed by atoms with Crippen LogP contribution in [0.25, 0.3) is 5.78 Å². The second kappa shape index (κ2) is 12.3. The number of likely N-dealkylation sites (tertiary alicyclic amines) is 1. The lowest BCUT2D eigenvalue weighted by atomic mass is 9.81. The number of carbonyl (C=O) groups is 2. The van der Waals surface area contributed by atoms with Crippen molar-refractivity contribution in [3.63, 3.8) is 0 Å². The third kappa shape index (κ3) is 6.77. The number of amides is 2. The maximum Gasteiger partial charge on any atom is 0.393 e. The lowest BCUT2D eigenvalue weighted by Gasteiger charge is -2.33. The van der Waals surface area contributed by atoms with E-state index in [1.165, 1.54) is 23.6 Å². The topological polar surface area (TPSA) is 122 Å². The molecule has 2 N–H and O–H groups in total. The first kappa shape index (κ1) is 32.8. The van der Waals surface area contributed by atoms with E-state index < -0.39 is 48.3 Å². The average Bonchev–Trinajstić information content (AvgIpc) is 3.35. The standard InChI is InChI=1S/C32H40F5N9O2/c1-2-45-25(5-11-39-45)28(48)42-26(19-3-6-31(33,34)7-4-19)24-17-46-29(41-24)40-23(16-44-12-10-30(18-44)8-9-30)22(43-46)14-20-13-21(32(35,36)37)15-38-27(20)47/h5,11,17,19-21,26H,2-4,6-10,12-16,18H2,1H3,(H,38,47)(H,42,48)/t20-,21-,26+/m1/s1. The van der Waals surface area contributed by atoms with Crippen molar-refractivity contribution in [1.82, 2.24) is 44.9 Å². The molecule has 3 aromatic rings. The first-order valence-corrected chi connectivity index (χ1v) is 16.8. The molecule has 0 radical (unpaired) electrons. The quantitative estimate of drug-likeness (QED) is 0.321. The van der Waals surface area contributed by atoms with Crippen LogP contribution in [0, 0.1) is 23.2 Å². The number of aryl methyl sites for hydroxylation is 1. The zero-order valence-corrected chi connectivity index (χ0v) is 26.8. The minimum atomic E-state index is -4.44. The minimum absolute atomic E-state index is 0.0257.